The zero-order valence-corrected chi connectivity index (χ0v) is 13.8. The van der Waals surface area contributed by atoms with Gasteiger partial charge < -0.3 is 4.74 Å². The summed E-state index contributed by atoms with van der Waals surface area (Å²) in [6, 6.07) is 10.6. The van der Waals surface area contributed by atoms with Gasteiger partial charge in [0, 0.05) is 0 Å². The van der Waals surface area contributed by atoms with Gasteiger partial charge in [-0.15, -0.1) is 0 Å². The van der Waals surface area contributed by atoms with Gasteiger partial charge in [0.05, 0.1) is 24.0 Å². The highest BCUT2D eigenvalue weighted by Crippen LogP contribution is 2.41. The van der Waals surface area contributed by atoms with Crippen LogP contribution >= 0.6 is 0 Å². The maximum Gasteiger partial charge on any atom is 0.313 e. The maximum atomic E-state index is 12.2. The lowest BCUT2D eigenvalue weighted by Gasteiger charge is -2.23. The van der Waals surface area contributed by atoms with Crippen LogP contribution in [-0.4, -0.2) is 12.6 Å². The molecule has 1 aliphatic carbocycles. The molecule has 1 atom stereocenters. The molecule has 0 aromatic heterocycles. The van der Waals surface area contributed by atoms with E-state index >= 15 is 0 Å². The van der Waals surface area contributed by atoms with E-state index in [0.29, 0.717) is 6.61 Å². The van der Waals surface area contributed by atoms with Crippen molar-refractivity contribution in [1.29, 1.82) is 5.26 Å². The van der Waals surface area contributed by atoms with Crippen molar-refractivity contribution < 1.29 is 9.53 Å². The number of nitriles is 1. The number of nitrogens with zero attached hydrogens (tertiary/aromatic N) is 1. The molecular weight excluding hydrogens is 274 g/mol. The van der Waals surface area contributed by atoms with Gasteiger partial charge >= 0.3 is 5.97 Å². The number of esters is 1. The van der Waals surface area contributed by atoms with Crippen LogP contribution in [0.3, 0.4) is 0 Å². The lowest BCUT2D eigenvalue weighted by molar-refractivity contribution is -0.146. The highest BCUT2D eigenvalue weighted by Gasteiger charge is 2.36. The Morgan fingerprint density at radius 2 is 1.86 bits per heavy atom. The van der Waals surface area contributed by atoms with Crippen LogP contribution < -0.4 is 0 Å². The van der Waals surface area contributed by atoms with E-state index in [1.807, 2.05) is 45.0 Å². The SMILES string of the molecule is CCOC(=O)C(c1ccc(C2(C#N)CCCC2)cc1)C(C)C. The first-order valence-electron chi connectivity index (χ1n) is 8.22. The predicted molar refractivity (Wildman–Crippen MR) is 86.4 cm³/mol. The average molecular weight is 299 g/mol. The fourth-order valence-electron chi connectivity index (χ4n) is 3.48. The van der Waals surface area contributed by atoms with E-state index in [1.165, 1.54) is 0 Å². The lowest BCUT2D eigenvalue weighted by Crippen LogP contribution is -2.22. The Balaban J connectivity index is 2.27. The molecule has 118 valence electrons. The second-order valence-electron chi connectivity index (χ2n) is 6.50. The first-order valence-corrected chi connectivity index (χ1v) is 8.22. The highest BCUT2D eigenvalue weighted by atomic mass is 16.5. The Bertz CT molecular complexity index is 548. The van der Waals surface area contributed by atoms with E-state index in [-0.39, 0.29) is 23.2 Å². The highest BCUT2D eigenvalue weighted by molar-refractivity contribution is 5.78. The molecule has 1 fully saturated rings. The van der Waals surface area contributed by atoms with Gasteiger partial charge in [0.25, 0.3) is 0 Å². The number of hydrogen-bond donors (Lipinski definition) is 0. The number of rotatable bonds is 5. The Hall–Kier alpha value is -1.82. The number of ether oxygens (including phenoxy) is 1. The molecule has 0 bridgehead atoms. The fourth-order valence-corrected chi connectivity index (χ4v) is 3.48. The first-order chi connectivity index (χ1) is 10.5. The van der Waals surface area contributed by atoms with Gasteiger partial charge in [-0.1, -0.05) is 51.0 Å². The fraction of sp³-hybridized carbons (Fsp3) is 0.579. The molecule has 2 rings (SSSR count). The second-order valence-corrected chi connectivity index (χ2v) is 6.50. The summed E-state index contributed by atoms with van der Waals surface area (Å²) in [6.45, 7) is 6.29. The molecule has 1 saturated carbocycles. The molecule has 1 aromatic rings. The summed E-state index contributed by atoms with van der Waals surface area (Å²) in [5.74, 6) is -0.224. The van der Waals surface area contributed by atoms with E-state index in [2.05, 4.69) is 6.07 Å². The summed E-state index contributed by atoms with van der Waals surface area (Å²) in [7, 11) is 0. The molecule has 1 unspecified atom stereocenters. The molecule has 3 heteroatoms. The minimum atomic E-state index is -0.324. The van der Waals surface area contributed by atoms with Gasteiger partial charge in [0.15, 0.2) is 0 Å². The van der Waals surface area contributed by atoms with E-state index in [9.17, 15) is 10.1 Å². The average Bonchev–Trinajstić information content (AvgIpc) is 2.98. The number of carbonyl (C=O) groups is 1. The van der Waals surface area contributed by atoms with Crippen molar-refractivity contribution in [3.63, 3.8) is 0 Å². The Labute approximate surface area is 133 Å². The lowest BCUT2D eigenvalue weighted by atomic mass is 9.79. The molecule has 0 spiro atoms. The van der Waals surface area contributed by atoms with E-state index in [0.717, 1.165) is 36.8 Å². The van der Waals surface area contributed by atoms with Gasteiger partial charge in [-0.3, -0.25) is 4.79 Å². The third-order valence-electron chi connectivity index (χ3n) is 4.70. The van der Waals surface area contributed by atoms with Crippen molar-refractivity contribution in [2.24, 2.45) is 5.92 Å². The zero-order chi connectivity index (χ0) is 16.2. The first kappa shape index (κ1) is 16.5. The van der Waals surface area contributed by atoms with Gasteiger partial charge in [-0.05, 0) is 36.8 Å². The molecule has 3 nitrogen and oxygen atoms in total. The normalized spacial score (nSPS) is 18.0. The van der Waals surface area contributed by atoms with Crippen LogP contribution in [0, 0.1) is 17.2 Å². The monoisotopic (exact) mass is 299 g/mol. The summed E-state index contributed by atoms with van der Waals surface area (Å²) >= 11 is 0. The van der Waals surface area contributed by atoms with Crippen molar-refractivity contribution in [1.82, 2.24) is 0 Å². The Morgan fingerprint density at radius 1 is 1.27 bits per heavy atom. The van der Waals surface area contributed by atoms with Gasteiger partial charge in [0.1, 0.15) is 0 Å². The molecule has 0 saturated heterocycles. The van der Waals surface area contributed by atoms with Crippen molar-refractivity contribution in [2.75, 3.05) is 6.61 Å². The van der Waals surface area contributed by atoms with Gasteiger partial charge in [-0.2, -0.15) is 5.26 Å². The third kappa shape index (κ3) is 3.16. The summed E-state index contributed by atoms with van der Waals surface area (Å²) < 4.78 is 5.20. The van der Waals surface area contributed by atoms with E-state index in [4.69, 9.17) is 4.74 Å². The zero-order valence-electron chi connectivity index (χ0n) is 13.8. The van der Waals surface area contributed by atoms with Crippen molar-refractivity contribution >= 4 is 5.97 Å². The van der Waals surface area contributed by atoms with Crippen molar-refractivity contribution in [3.05, 3.63) is 35.4 Å². The van der Waals surface area contributed by atoms with Crippen LogP contribution in [0.5, 0.6) is 0 Å². The summed E-state index contributed by atoms with van der Waals surface area (Å²) in [6.07, 6.45) is 4.11. The molecule has 1 aliphatic rings. The molecule has 22 heavy (non-hydrogen) atoms. The molecule has 0 aliphatic heterocycles. The quantitative estimate of drug-likeness (QED) is 0.761. The number of carbonyl (C=O) groups excluding carboxylic acids is 1. The second kappa shape index (κ2) is 6.96. The molecule has 1 aromatic carbocycles. The van der Waals surface area contributed by atoms with E-state index < -0.39 is 0 Å². The topological polar surface area (TPSA) is 50.1 Å². The van der Waals surface area contributed by atoms with Gasteiger partial charge in [-0.25, -0.2) is 0 Å². The number of hydrogen-bond acceptors (Lipinski definition) is 3. The van der Waals surface area contributed by atoms with Crippen LogP contribution in [-0.2, 0) is 14.9 Å². The minimum Gasteiger partial charge on any atom is -0.466 e. The van der Waals surface area contributed by atoms with Crippen LogP contribution in [0.4, 0.5) is 0 Å². The van der Waals surface area contributed by atoms with Crippen LogP contribution in [0.1, 0.15) is 63.5 Å². The number of benzene rings is 1. The summed E-state index contributed by atoms with van der Waals surface area (Å²) in [5, 5.41) is 9.57. The van der Waals surface area contributed by atoms with Crippen LogP contribution in [0.25, 0.3) is 0 Å². The molecule has 0 N–H and O–H groups in total. The summed E-state index contributed by atoms with van der Waals surface area (Å²) in [5.41, 5.74) is 1.74. The Kier molecular flexibility index (Phi) is 5.24. The molecule has 0 amide bonds. The van der Waals surface area contributed by atoms with Crippen LogP contribution in [0.2, 0.25) is 0 Å². The summed E-state index contributed by atoms with van der Waals surface area (Å²) in [4.78, 5) is 12.2. The van der Waals surface area contributed by atoms with E-state index in [1.54, 1.807) is 0 Å². The third-order valence-corrected chi connectivity index (χ3v) is 4.70. The predicted octanol–water partition coefficient (Wildman–Crippen LogP) is 4.32. The van der Waals surface area contributed by atoms with Crippen molar-refractivity contribution in [3.8, 4) is 6.07 Å². The van der Waals surface area contributed by atoms with Gasteiger partial charge in [0.2, 0.25) is 0 Å². The maximum absolute atomic E-state index is 12.2. The molecular formula is C19H25NO2. The largest absolute Gasteiger partial charge is 0.466 e. The smallest absolute Gasteiger partial charge is 0.313 e. The molecule has 0 radical (unpaired) electrons. The molecule has 0 heterocycles. The van der Waals surface area contributed by atoms with Crippen LogP contribution in [0.15, 0.2) is 24.3 Å². The van der Waals surface area contributed by atoms with Crippen molar-refractivity contribution in [2.45, 2.75) is 57.8 Å². The standard InChI is InChI=1S/C19H25NO2/c1-4-22-18(21)17(14(2)3)15-7-9-16(10-8-15)19(13-20)11-5-6-12-19/h7-10,14,17H,4-6,11-12H2,1-3H3. The Morgan fingerprint density at radius 3 is 2.32 bits per heavy atom. The minimum absolute atomic E-state index is 0.166.